The van der Waals surface area contributed by atoms with Crippen molar-refractivity contribution in [2.75, 3.05) is 0 Å². The Morgan fingerprint density at radius 2 is 2.08 bits per heavy atom. The summed E-state index contributed by atoms with van der Waals surface area (Å²) in [5.41, 5.74) is 0. The van der Waals surface area contributed by atoms with E-state index < -0.39 is 0 Å². The van der Waals surface area contributed by atoms with E-state index in [1.54, 1.807) is 0 Å². The molecule has 72 valence electrons. The molecule has 0 radical (unpaired) electrons. The molecule has 0 bridgehead atoms. The lowest BCUT2D eigenvalue weighted by Gasteiger charge is -2.14. The van der Waals surface area contributed by atoms with Gasteiger partial charge in [0.2, 0.25) is 5.88 Å². The van der Waals surface area contributed by atoms with Crippen LogP contribution >= 0.6 is 15.9 Å². The summed E-state index contributed by atoms with van der Waals surface area (Å²) in [7, 11) is 0. The number of hydrogen-bond acceptors (Lipinski definition) is 2. The highest BCUT2D eigenvalue weighted by Gasteiger charge is 2.05. The summed E-state index contributed by atoms with van der Waals surface area (Å²) < 4.78 is 6.47. The average Bonchev–Trinajstić information content (AvgIpc) is 2.14. The zero-order valence-electron chi connectivity index (χ0n) is 7.96. The topological polar surface area (TPSA) is 22.1 Å². The third-order valence-electron chi connectivity index (χ3n) is 1.89. The van der Waals surface area contributed by atoms with Crippen LogP contribution in [-0.4, -0.2) is 11.1 Å². The van der Waals surface area contributed by atoms with Crippen LogP contribution in [0.2, 0.25) is 0 Å². The summed E-state index contributed by atoms with van der Waals surface area (Å²) in [6.45, 7) is 4.23. The van der Waals surface area contributed by atoms with E-state index >= 15 is 0 Å². The minimum Gasteiger partial charge on any atom is -0.474 e. The van der Waals surface area contributed by atoms with Crippen LogP contribution < -0.4 is 4.74 Å². The van der Waals surface area contributed by atoms with Gasteiger partial charge in [-0.25, -0.2) is 4.98 Å². The molecule has 0 amide bonds. The van der Waals surface area contributed by atoms with Crippen molar-refractivity contribution >= 4 is 15.9 Å². The Kier molecular flexibility index (Phi) is 4.22. The molecular weight excluding hydrogens is 230 g/mol. The van der Waals surface area contributed by atoms with Crippen molar-refractivity contribution in [2.45, 2.75) is 32.8 Å². The molecule has 0 unspecified atom stereocenters. The van der Waals surface area contributed by atoms with Crippen molar-refractivity contribution in [1.82, 2.24) is 4.98 Å². The number of halogens is 1. The van der Waals surface area contributed by atoms with Crippen molar-refractivity contribution in [1.29, 1.82) is 0 Å². The molecule has 0 fully saturated rings. The van der Waals surface area contributed by atoms with E-state index in [2.05, 4.69) is 34.8 Å². The van der Waals surface area contributed by atoms with Gasteiger partial charge in [-0.2, -0.15) is 0 Å². The number of hydrogen-bond donors (Lipinski definition) is 0. The minimum atomic E-state index is 0.279. The largest absolute Gasteiger partial charge is 0.474 e. The van der Waals surface area contributed by atoms with E-state index in [0.29, 0.717) is 5.88 Å². The van der Waals surface area contributed by atoms with Crippen LogP contribution in [0.3, 0.4) is 0 Å². The Morgan fingerprint density at radius 3 is 2.62 bits per heavy atom. The van der Waals surface area contributed by atoms with Crippen LogP contribution in [-0.2, 0) is 0 Å². The van der Waals surface area contributed by atoms with Gasteiger partial charge in [-0.3, -0.25) is 0 Å². The summed E-state index contributed by atoms with van der Waals surface area (Å²) in [6.07, 6.45) is 2.32. The summed E-state index contributed by atoms with van der Waals surface area (Å²) in [6, 6.07) is 5.69. The quantitative estimate of drug-likeness (QED) is 0.757. The predicted molar refractivity (Wildman–Crippen MR) is 56.9 cm³/mol. The molecule has 0 saturated heterocycles. The second kappa shape index (κ2) is 5.22. The van der Waals surface area contributed by atoms with E-state index in [9.17, 15) is 0 Å². The van der Waals surface area contributed by atoms with Crippen LogP contribution in [0.4, 0.5) is 0 Å². The molecule has 0 atom stereocenters. The SMILES string of the molecule is CCC(CC)Oc1cccc(Br)n1. The summed E-state index contributed by atoms with van der Waals surface area (Å²) in [5.74, 6) is 0.697. The van der Waals surface area contributed by atoms with Gasteiger partial charge in [0.15, 0.2) is 0 Å². The molecule has 0 N–H and O–H groups in total. The molecule has 0 aromatic carbocycles. The molecule has 1 rings (SSSR count). The second-order valence-electron chi connectivity index (χ2n) is 2.85. The molecule has 3 heteroatoms. The zero-order chi connectivity index (χ0) is 9.68. The van der Waals surface area contributed by atoms with Gasteiger partial charge in [0, 0.05) is 6.07 Å². The molecule has 1 aromatic rings. The molecule has 1 heterocycles. The Bertz CT molecular complexity index is 261. The van der Waals surface area contributed by atoms with Gasteiger partial charge in [-0.05, 0) is 34.8 Å². The minimum absolute atomic E-state index is 0.279. The van der Waals surface area contributed by atoms with E-state index in [-0.39, 0.29) is 6.10 Å². The molecule has 0 aliphatic rings. The summed E-state index contributed by atoms with van der Waals surface area (Å²) in [4.78, 5) is 4.20. The van der Waals surface area contributed by atoms with Crippen LogP contribution in [0.25, 0.3) is 0 Å². The van der Waals surface area contributed by atoms with Gasteiger partial charge >= 0.3 is 0 Å². The molecule has 0 spiro atoms. The number of nitrogens with zero attached hydrogens (tertiary/aromatic N) is 1. The molecule has 13 heavy (non-hydrogen) atoms. The molecular formula is C10H14BrNO. The van der Waals surface area contributed by atoms with Gasteiger partial charge in [0.05, 0.1) is 6.10 Å². The van der Waals surface area contributed by atoms with Crippen molar-refractivity contribution in [3.8, 4) is 5.88 Å². The zero-order valence-corrected chi connectivity index (χ0v) is 9.54. The highest BCUT2D eigenvalue weighted by molar-refractivity contribution is 9.10. The monoisotopic (exact) mass is 243 g/mol. The lowest BCUT2D eigenvalue weighted by Crippen LogP contribution is -2.14. The smallest absolute Gasteiger partial charge is 0.214 e. The first-order chi connectivity index (χ1) is 6.26. The van der Waals surface area contributed by atoms with Gasteiger partial charge in [0.1, 0.15) is 4.60 Å². The number of aromatic nitrogens is 1. The maximum atomic E-state index is 5.65. The maximum Gasteiger partial charge on any atom is 0.214 e. The van der Waals surface area contributed by atoms with Crippen LogP contribution in [0.5, 0.6) is 5.88 Å². The molecule has 0 saturated carbocycles. The van der Waals surface area contributed by atoms with Gasteiger partial charge < -0.3 is 4.74 Å². The van der Waals surface area contributed by atoms with Gasteiger partial charge in [-0.15, -0.1) is 0 Å². The lowest BCUT2D eigenvalue weighted by atomic mass is 10.2. The third-order valence-corrected chi connectivity index (χ3v) is 2.33. The number of pyridine rings is 1. The fourth-order valence-corrected chi connectivity index (χ4v) is 1.41. The highest BCUT2D eigenvalue weighted by Crippen LogP contribution is 2.15. The predicted octanol–water partition coefficient (Wildman–Crippen LogP) is 3.41. The van der Waals surface area contributed by atoms with Crippen LogP contribution in [0, 0.1) is 0 Å². The Morgan fingerprint density at radius 1 is 1.38 bits per heavy atom. The van der Waals surface area contributed by atoms with E-state index in [4.69, 9.17) is 4.74 Å². The Hall–Kier alpha value is -0.570. The Balaban J connectivity index is 2.62. The summed E-state index contributed by atoms with van der Waals surface area (Å²) >= 11 is 3.30. The van der Waals surface area contributed by atoms with Crippen LogP contribution in [0.15, 0.2) is 22.8 Å². The third kappa shape index (κ3) is 3.35. The van der Waals surface area contributed by atoms with Crippen molar-refractivity contribution in [2.24, 2.45) is 0 Å². The van der Waals surface area contributed by atoms with Gasteiger partial charge in [0.25, 0.3) is 0 Å². The molecule has 2 nitrogen and oxygen atoms in total. The van der Waals surface area contributed by atoms with Crippen LogP contribution in [0.1, 0.15) is 26.7 Å². The first-order valence-corrected chi connectivity index (χ1v) is 5.34. The number of ether oxygens (including phenoxy) is 1. The second-order valence-corrected chi connectivity index (χ2v) is 3.67. The molecule has 0 aliphatic carbocycles. The van der Waals surface area contributed by atoms with Crippen molar-refractivity contribution in [3.05, 3.63) is 22.8 Å². The van der Waals surface area contributed by atoms with E-state index in [0.717, 1.165) is 17.4 Å². The average molecular weight is 244 g/mol. The fraction of sp³-hybridized carbons (Fsp3) is 0.500. The van der Waals surface area contributed by atoms with Crippen molar-refractivity contribution in [3.63, 3.8) is 0 Å². The highest BCUT2D eigenvalue weighted by atomic mass is 79.9. The molecule has 0 aliphatic heterocycles. The summed E-state index contributed by atoms with van der Waals surface area (Å²) in [5, 5.41) is 0. The standard InChI is InChI=1S/C10H14BrNO/c1-3-8(4-2)13-10-7-5-6-9(11)12-10/h5-8H,3-4H2,1-2H3. The van der Waals surface area contributed by atoms with E-state index in [1.165, 1.54) is 0 Å². The number of rotatable bonds is 4. The van der Waals surface area contributed by atoms with E-state index in [1.807, 2.05) is 18.2 Å². The first-order valence-electron chi connectivity index (χ1n) is 4.55. The van der Waals surface area contributed by atoms with Gasteiger partial charge in [-0.1, -0.05) is 19.9 Å². The Labute approximate surface area is 87.5 Å². The molecule has 1 aromatic heterocycles. The van der Waals surface area contributed by atoms with Crippen molar-refractivity contribution < 1.29 is 4.74 Å². The lowest BCUT2D eigenvalue weighted by molar-refractivity contribution is 0.184. The normalized spacial score (nSPS) is 10.5. The maximum absolute atomic E-state index is 5.65. The fourth-order valence-electron chi connectivity index (χ4n) is 1.08. The first kappa shape index (κ1) is 10.5.